The van der Waals surface area contributed by atoms with E-state index in [0.717, 1.165) is 35.2 Å². The van der Waals surface area contributed by atoms with Gasteiger partial charge < -0.3 is 9.88 Å². The zero-order chi connectivity index (χ0) is 23.0. The summed E-state index contributed by atoms with van der Waals surface area (Å²) in [6.07, 6.45) is 5.01. The number of nitrogens with one attached hydrogen (secondary N) is 1. The zero-order valence-corrected chi connectivity index (χ0v) is 19.9. The summed E-state index contributed by atoms with van der Waals surface area (Å²) in [6, 6.07) is 7.87. The van der Waals surface area contributed by atoms with Crippen molar-refractivity contribution in [1.29, 1.82) is 0 Å². The number of aryl methyl sites for hydroxylation is 2. The highest BCUT2D eigenvalue weighted by Gasteiger charge is 2.28. The molecule has 4 rings (SSSR count). The predicted molar refractivity (Wildman–Crippen MR) is 128 cm³/mol. The summed E-state index contributed by atoms with van der Waals surface area (Å²) < 4.78 is 3.37. The van der Waals surface area contributed by atoms with Crippen molar-refractivity contribution in [3.63, 3.8) is 0 Å². The molecule has 1 saturated carbocycles. The minimum Gasteiger partial charge on any atom is -0.351 e. The number of fused-ring (bicyclic) bond motifs is 1. The SMILES string of the molecule is Cc1c2cnn(CC(=O)N[C@@H]3CCC[C@H](C)[C@@H]3C)c(=O)c2c(C)n1Cc1ccccc1Cl. The number of aromatic nitrogens is 3. The van der Waals surface area contributed by atoms with Crippen molar-refractivity contribution in [3.8, 4) is 0 Å². The monoisotopic (exact) mass is 454 g/mol. The van der Waals surface area contributed by atoms with Crippen LogP contribution in [0, 0.1) is 25.7 Å². The number of hydrogen-bond donors (Lipinski definition) is 1. The molecule has 3 aromatic rings. The van der Waals surface area contributed by atoms with E-state index in [1.807, 2.05) is 38.1 Å². The van der Waals surface area contributed by atoms with Gasteiger partial charge in [-0.1, -0.05) is 56.5 Å². The Morgan fingerprint density at radius 1 is 1.19 bits per heavy atom. The van der Waals surface area contributed by atoms with Crippen LogP contribution in [-0.4, -0.2) is 26.3 Å². The molecule has 0 unspecified atom stereocenters. The van der Waals surface area contributed by atoms with E-state index in [4.69, 9.17) is 11.6 Å². The Kier molecular flexibility index (Phi) is 6.42. The molecule has 1 aliphatic rings. The molecule has 6 nitrogen and oxygen atoms in total. The van der Waals surface area contributed by atoms with Gasteiger partial charge in [0.25, 0.3) is 5.56 Å². The molecule has 1 fully saturated rings. The molecule has 170 valence electrons. The first-order chi connectivity index (χ1) is 15.3. The molecule has 0 spiro atoms. The summed E-state index contributed by atoms with van der Waals surface area (Å²) in [5.41, 5.74) is 2.57. The lowest BCUT2D eigenvalue weighted by Gasteiger charge is -2.34. The molecule has 3 atom stereocenters. The normalized spacial score (nSPS) is 21.1. The lowest BCUT2D eigenvalue weighted by Crippen LogP contribution is -2.45. The van der Waals surface area contributed by atoms with E-state index >= 15 is 0 Å². The van der Waals surface area contributed by atoms with E-state index in [1.54, 1.807) is 6.20 Å². The van der Waals surface area contributed by atoms with E-state index in [1.165, 1.54) is 11.1 Å². The van der Waals surface area contributed by atoms with Gasteiger partial charge in [0.05, 0.1) is 11.6 Å². The number of hydrogen-bond acceptors (Lipinski definition) is 3. The molecule has 0 aliphatic heterocycles. The van der Waals surface area contributed by atoms with E-state index in [-0.39, 0.29) is 24.1 Å². The Bertz CT molecular complexity index is 1210. The number of nitrogens with zero attached hydrogens (tertiary/aromatic N) is 3. The zero-order valence-electron chi connectivity index (χ0n) is 19.2. The predicted octanol–water partition coefficient (Wildman–Crippen LogP) is 4.46. The lowest BCUT2D eigenvalue weighted by atomic mass is 9.78. The molecule has 0 saturated heterocycles. The molecule has 32 heavy (non-hydrogen) atoms. The van der Waals surface area contributed by atoms with Crippen LogP contribution in [-0.2, 0) is 17.9 Å². The summed E-state index contributed by atoms with van der Waals surface area (Å²) in [5, 5.41) is 9.57. The van der Waals surface area contributed by atoms with Gasteiger partial charge in [-0.2, -0.15) is 5.10 Å². The summed E-state index contributed by atoms with van der Waals surface area (Å²) in [4.78, 5) is 26.0. The van der Waals surface area contributed by atoms with Crippen molar-refractivity contribution in [1.82, 2.24) is 19.7 Å². The van der Waals surface area contributed by atoms with Gasteiger partial charge in [-0.25, -0.2) is 4.68 Å². The molecule has 1 aliphatic carbocycles. The van der Waals surface area contributed by atoms with Gasteiger partial charge in [0.2, 0.25) is 5.91 Å². The largest absolute Gasteiger partial charge is 0.351 e. The van der Waals surface area contributed by atoms with E-state index < -0.39 is 0 Å². The third-order valence-electron chi connectivity index (χ3n) is 7.24. The van der Waals surface area contributed by atoms with Crippen molar-refractivity contribution in [2.24, 2.45) is 11.8 Å². The Morgan fingerprint density at radius 2 is 1.94 bits per heavy atom. The first-order valence-electron chi connectivity index (χ1n) is 11.4. The van der Waals surface area contributed by atoms with Crippen molar-refractivity contribution >= 4 is 28.3 Å². The number of carbonyl (C=O) groups excluding carboxylic acids is 1. The Morgan fingerprint density at radius 3 is 2.69 bits per heavy atom. The summed E-state index contributed by atoms with van der Waals surface area (Å²) >= 11 is 6.35. The van der Waals surface area contributed by atoms with Crippen molar-refractivity contribution < 1.29 is 4.79 Å². The van der Waals surface area contributed by atoms with Crippen LogP contribution in [0.1, 0.15) is 50.1 Å². The van der Waals surface area contributed by atoms with Gasteiger partial charge in [0.1, 0.15) is 6.54 Å². The smallest absolute Gasteiger partial charge is 0.276 e. The fourth-order valence-electron chi connectivity index (χ4n) is 4.97. The van der Waals surface area contributed by atoms with Crippen molar-refractivity contribution in [3.05, 3.63) is 62.8 Å². The van der Waals surface area contributed by atoms with Gasteiger partial charge in [-0.3, -0.25) is 9.59 Å². The van der Waals surface area contributed by atoms with Gasteiger partial charge >= 0.3 is 0 Å². The molecule has 2 aromatic heterocycles. The molecule has 0 bridgehead atoms. The molecule has 2 heterocycles. The molecule has 0 radical (unpaired) electrons. The number of benzene rings is 1. The van der Waals surface area contributed by atoms with E-state index in [9.17, 15) is 9.59 Å². The molecule has 7 heteroatoms. The maximum atomic E-state index is 13.3. The van der Waals surface area contributed by atoms with Crippen LogP contribution < -0.4 is 10.9 Å². The molecule has 1 aromatic carbocycles. The number of carbonyl (C=O) groups is 1. The quantitative estimate of drug-likeness (QED) is 0.618. The third kappa shape index (κ3) is 4.20. The highest BCUT2D eigenvalue weighted by Crippen LogP contribution is 2.29. The van der Waals surface area contributed by atoms with Crippen LogP contribution in [0.5, 0.6) is 0 Å². The Labute approximate surface area is 193 Å². The van der Waals surface area contributed by atoms with Crippen molar-refractivity contribution in [2.45, 2.75) is 66.1 Å². The average molecular weight is 455 g/mol. The van der Waals surface area contributed by atoms with Crippen LogP contribution in [0.4, 0.5) is 0 Å². The van der Waals surface area contributed by atoms with Crippen LogP contribution >= 0.6 is 11.6 Å². The first kappa shape index (κ1) is 22.6. The summed E-state index contributed by atoms with van der Waals surface area (Å²) in [6.45, 7) is 8.85. The highest BCUT2D eigenvalue weighted by molar-refractivity contribution is 6.31. The van der Waals surface area contributed by atoms with E-state index in [0.29, 0.717) is 28.8 Å². The number of halogens is 1. The molecule has 1 N–H and O–H groups in total. The second-order valence-electron chi connectivity index (χ2n) is 9.19. The fourth-order valence-corrected chi connectivity index (χ4v) is 5.16. The highest BCUT2D eigenvalue weighted by atomic mass is 35.5. The average Bonchev–Trinajstić information content (AvgIpc) is 3.00. The molecule has 1 amide bonds. The van der Waals surface area contributed by atoms with Gasteiger partial charge in [-0.15, -0.1) is 0 Å². The second kappa shape index (κ2) is 9.10. The second-order valence-corrected chi connectivity index (χ2v) is 9.59. The summed E-state index contributed by atoms with van der Waals surface area (Å²) in [7, 11) is 0. The fraction of sp³-hybridized carbons (Fsp3) is 0.480. The maximum Gasteiger partial charge on any atom is 0.276 e. The van der Waals surface area contributed by atoms with Gasteiger partial charge in [0, 0.05) is 34.4 Å². The maximum absolute atomic E-state index is 13.3. The Hall–Kier alpha value is -2.60. The van der Waals surface area contributed by atoms with Crippen molar-refractivity contribution in [2.75, 3.05) is 0 Å². The Balaban J connectivity index is 1.60. The minimum absolute atomic E-state index is 0.0689. The van der Waals surface area contributed by atoms with E-state index in [2.05, 4.69) is 28.8 Å². The van der Waals surface area contributed by atoms with Gasteiger partial charge in [-0.05, 0) is 43.7 Å². The van der Waals surface area contributed by atoms with Gasteiger partial charge in [0.15, 0.2) is 0 Å². The third-order valence-corrected chi connectivity index (χ3v) is 7.61. The standard InChI is InChI=1S/C25H31ClN4O2/c1-15-8-7-11-22(16(15)2)28-23(31)14-30-25(32)24-18(4)29(17(3)20(24)12-27-30)13-19-9-5-6-10-21(19)26/h5-6,9-10,12,15-16,22H,7-8,11,13-14H2,1-4H3,(H,28,31)/t15-,16-,22+/m0/s1. The summed E-state index contributed by atoms with van der Waals surface area (Å²) in [5.74, 6) is 0.869. The molecular formula is C25H31ClN4O2. The van der Waals surface area contributed by atoms with Crippen LogP contribution in [0.3, 0.4) is 0 Å². The minimum atomic E-state index is -0.235. The molecular weight excluding hydrogens is 424 g/mol. The topological polar surface area (TPSA) is 68.9 Å². The number of amides is 1. The van der Waals surface area contributed by atoms with Crippen LogP contribution in [0.15, 0.2) is 35.3 Å². The number of rotatable bonds is 5. The van der Waals surface area contributed by atoms with Crippen LogP contribution in [0.25, 0.3) is 10.8 Å². The van der Waals surface area contributed by atoms with Crippen LogP contribution in [0.2, 0.25) is 5.02 Å². The lowest BCUT2D eigenvalue weighted by molar-refractivity contribution is -0.123. The first-order valence-corrected chi connectivity index (χ1v) is 11.7.